The maximum Gasteiger partial charge on any atom is 0.387 e. The Morgan fingerprint density at radius 2 is 1.22 bits per heavy atom. The van der Waals surface area contributed by atoms with Gasteiger partial charge in [0, 0.05) is 0 Å². The van der Waals surface area contributed by atoms with Crippen molar-refractivity contribution in [3.8, 4) is 5.75 Å². The highest BCUT2D eigenvalue weighted by molar-refractivity contribution is 5.31. The molecule has 1 nitrogen and oxygen atoms in total. The van der Waals surface area contributed by atoms with Gasteiger partial charge >= 0.3 is 6.61 Å². The summed E-state index contributed by atoms with van der Waals surface area (Å²) in [6.07, 6.45) is 24.4. The molecule has 0 spiro atoms. The van der Waals surface area contributed by atoms with Crippen LogP contribution in [0, 0.1) is 35.3 Å². The van der Waals surface area contributed by atoms with Crippen molar-refractivity contribution in [2.24, 2.45) is 23.7 Å². The minimum atomic E-state index is -3.16. The Morgan fingerprint density at radius 3 is 1.78 bits per heavy atom. The molecule has 0 amide bonds. The van der Waals surface area contributed by atoms with E-state index < -0.39 is 24.0 Å². The Balaban J connectivity index is 1.28. The molecule has 0 aliphatic heterocycles. The second-order valence-corrected chi connectivity index (χ2v) is 11.6. The van der Waals surface area contributed by atoms with Crippen molar-refractivity contribution >= 4 is 0 Å². The lowest BCUT2D eigenvalue weighted by atomic mass is 9.68. The third kappa shape index (κ3) is 9.56. The van der Waals surface area contributed by atoms with Gasteiger partial charge in [-0.3, -0.25) is 0 Å². The van der Waals surface area contributed by atoms with Gasteiger partial charge in [-0.25, -0.2) is 4.39 Å². The van der Waals surface area contributed by atoms with Gasteiger partial charge in [0.25, 0.3) is 0 Å². The van der Waals surface area contributed by atoms with E-state index in [1.807, 2.05) is 0 Å². The van der Waals surface area contributed by atoms with Gasteiger partial charge in [0.2, 0.25) is 5.82 Å². The standard InChI is InChI=1S/C31H48F4O/c1-2-3-4-5-6-7-8-9-10-23-11-16-25(17-12-23)26-18-13-24(14-19-26)15-20-27-21-22-28(36-31(34)35)30(33)29(27)32/h21-26,31H,2-20H2,1H3/t23-,24-,25-,26-. The number of ether oxygens (including phenoxy) is 1. The largest absolute Gasteiger partial charge is 0.432 e. The molecule has 0 unspecified atom stereocenters. The minimum absolute atomic E-state index is 0.256. The van der Waals surface area contributed by atoms with Crippen molar-refractivity contribution in [3.63, 3.8) is 0 Å². The predicted molar refractivity (Wildman–Crippen MR) is 139 cm³/mol. The zero-order valence-electron chi connectivity index (χ0n) is 22.4. The Bertz CT molecular complexity index is 736. The van der Waals surface area contributed by atoms with E-state index in [4.69, 9.17) is 0 Å². The summed E-state index contributed by atoms with van der Waals surface area (Å²) in [4.78, 5) is 0. The third-order valence-electron chi connectivity index (χ3n) is 9.08. The molecule has 3 rings (SSSR count). The molecule has 1 aromatic carbocycles. The summed E-state index contributed by atoms with van der Waals surface area (Å²) in [5, 5.41) is 0. The van der Waals surface area contributed by atoms with Crippen molar-refractivity contribution in [1.82, 2.24) is 0 Å². The summed E-state index contributed by atoms with van der Waals surface area (Å²) in [6, 6.07) is 2.50. The van der Waals surface area contributed by atoms with Crippen molar-refractivity contribution in [2.75, 3.05) is 0 Å². The fourth-order valence-corrected chi connectivity index (χ4v) is 6.77. The Kier molecular flexibility index (Phi) is 12.9. The van der Waals surface area contributed by atoms with Crippen LogP contribution in [0.2, 0.25) is 0 Å². The summed E-state index contributed by atoms with van der Waals surface area (Å²) < 4.78 is 56.9. The maximum absolute atomic E-state index is 14.3. The number of hydrogen-bond acceptors (Lipinski definition) is 1. The van der Waals surface area contributed by atoms with Crippen molar-refractivity contribution in [3.05, 3.63) is 29.3 Å². The van der Waals surface area contributed by atoms with E-state index in [1.165, 1.54) is 115 Å². The number of benzene rings is 1. The fourth-order valence-electron chi connectivity index (χ4n) is 6.77. The summed E-state index contributed by atoms with van der Waals surface area (Å²) >= 11 is 0. The first-order valence-corrected chi connectivity index (χ1v) is 14.9. The highest BCUT2D eigenvalue weighted by Gasteiger charge is 2.31. The maximum atomic E-state index is 14.3. The van der Waals surface area contributed by atoms with Gasteiger partial charge in [0.05, 0.1) is 0 Å². The van der Waals surface area contributed by atoms with Crippen LogP contribution < -0.4 is 4.74 Å². The Hall–Kier alpha value is -1.26. The molecule has 2 aliphatic carbocycles. The number of unbranched alkanes of at least 4 members (excludes halogenated alkanes) is 7. The number of aryl methyl sites for hydroxylation is 1. The summed E-state index contributed by atoms with van der Waals surface area (Å²) in [5.41, 5.74) is 0.256. The summed E-state index contributed by atoms with van der Waals surface area (Å²) in [6.45, 7) is -0.887. The molecule has 0 atom stereocenters. The van der Waals surface area contributed by atoms with Crippen molar-refractivity contribution in [2.45, 2.75) is 136 Å². The number of hydrogen-bond donors (Lipinski definition) is 0. The Labute approximate surface area is 216 Å². The Morgan fingerprint density at radius 1 is 0.694 bits per heavy atom. The number of rotatable bonds is 15. The zero-order valence-corrected chi connectivity index (χ0v) is 22.4. The van der Waals surface area contributed by atoms with Gasteiger partial charge < -0.3 is 4.74 Å². The van der Waals surface area contributed by atoms with Crippen LogP contribution in [0.15, 0.2) is 12.1 Å². The first kappa shape index (κ1) is 29.3. The molecule has 0 aromatic heterocycles. The van der Waals surface area contributed by atoms with E-state index in [9.17, 15) is 17.6 Å². The molecule has 206 valence electrons. The lowest BCUT2D eigenvalue weighted by Crippen LogP contribution is -2.26. The van der Waals surface area contributed by atoms with Crippen LogP contribution in [0.1, 0.15) is 128 Å². The van der Waals surface area contributed by atoms with E-state index in [1.54, 1.807) is 0 Å². The first-order chi connectivity index (χ1) is 17.5. The van der Waals surface area contributed by atoms with Gasteiger partial charge in [0.1, 0.15) is 0 Å². The van der Waals surface area contributed by atoms with Crippen LogP contribution in [-0.4, -0.2) is 6.61 Å². The number of alkyl halides is 2. The third-order valence-corrected chi connectivity index (χ3v) is 9.08. The lowest BCUT2D eigenvalue weighted by Gasteiger charge is -2.38. The van der Waals surface area contributed by atoms with Gasteiger partial charge in [-0.05, 0) is 73.8 Å². The van der Waals surface area contributed by atoms with E-state index in [-0.39, 0.29) is 5.56 Å². The molecule has 2 aliphatic rings. The predicted octanol–water partition coefficient (Wildman–Crippen LogP) is 10.6. The second kappa shape index (κ2) is 15.9. The van der Waals surface area contributed by atoms with Crippen LogP contribution in [0.4, 0.5) is 17.6 Å². The minimum Gasteiger partial charge on any atom is -0.432 e. The highest BCUT2D eigenvalue weighted by Crippen LogP contribution is 2.43. The van der Waals surface area contributed by atoms with E-state index >= 15 is 0 Å². The van der Waals surface area contributed by atoms with E-state index in [2.05, 4.69) is 11.7 Å². The normalized spacial score (nSPS) is 24.8. The fraction of sp³-hybridized carbons (Fsp3) is 0.806. The van der Waals surface area contributed by atoms with Gasteiger partial charge in [-0.2, -0.15) is 13.2 Å². The van der Waals surface area contributed by atoms with Crippen LogP contribution >= 0.6 is 0 Å². The molecule has 5 heteroatoms. The smallest absolute Gasteiger partial charge is 0.387 e. The van der Waals surface area contributed by atoms with Crippen LogP contribution in [0.25, 0.3) is 0 Å². The molecule has 0 saturated heterocycles. The van der Waals surface area contributed by atoms with Gasteiger partial charge in [-0.1, -0.05) is 96.5 Å². The first-order valence-electron chi connectivity index (χ1n) is 14.9. The number of halogens is 4. The molecule has 0 bridgehead atoms. The molecule has 2 saturated carbocycles. The van der Waals surface area contributed by atoms with E-state index in [0.717, 1.165) is 30.2 Å². The average Bonchev–Trinajstić information content (AvgIpc) is 2.88. The van der Waals surface area contributed by atoms with Gasteiger partial charge in [0.15, 0.2) is 11.6 Å². The molecule has 36 heavy (non-hydrogen) atoms. The van der Waals surface area contributed by atoms with E-state index in [0.29, 0.717) is 12.3 Å². The highest BCUT2D eigenvalue weighted by atomic mass is 19.3. The van der Waals surface area contributed by atoms with Gasteiger partial charge in [-0.15, -0.1) is 0 Å². The second-order valence-electron chi connectivity index (χ2n) is 11.6. The molecular weight excluding hydrogens is 464 g/mol. The summed E-state index contributed by atoms with van der Waals surface area (Å²) in [5.74, 6) is 0.129. The van der Waals surface area contributed by atoms with Crippen molar-refractivity contribution < 1.29 is 22.3 Å². The molecule has 1 aromatic rings. The van der Waals surface area contributed by atoms with Crippen LogP contribution in [0.3, 0.4) is 0 Å². The summed E-state index contributed by atoms with van der Waals surface area (Å²) in [7, 11) is 0. The molecule has 0 N–H and O–H groups in total. The molecule has 0 heterocycles. The zero-order chi connectivity index (χ0) is 25.8. The van der Waals surface area contributed by atoms with Crippen LogP contribution in [-0.2, 0) is 6.42 Å². The lowest BCUT2D eigenvalue weighted by molar-refractivity contribution is -0.0525. The quantitative estimate of drug-likeness (QED) is 0.168. The topological polar surface area (TPSA) is 9.23 Å². The molecule has 2 fully saturated rings. The van der Waals surface area contributed by atoms with Crippen molar-refractivity contribution in [1.29, 1.82) is 0 Å². The van der Waals surface area contributed by atoms with Crippen LogP contribution in [0.5, 0.6) is 5.75 Å². The average molecular weight is 513 g/mol. The molecular formula is C31H48F4O. The SMILES string of the molecule is CCCCCCCCCC[C@H]1CC[C@H]([C@H]2CC[C@H](CCc3ccc(OC(F)F)c(F)c3F)CC2)CC1. The molecule has 0 radical (unpaired) electrons. The monoisotopic (exact) mass is 512 g/mol.